The molecule has 0 unspecified atom stereocenters. The molecule has 0 saturated carbocycles. The summed E-state index contributed by atoms with van der Waals surface area (Å²) in [6, 6.07) is 14.7. The lowest BCUT2D eigenvalue weighted by Gasteiger charge is -2.11. The third-order valence-electron chi connectivity index (χ3n) is 4.83. The van der Waals surface area contributed by atoms with Gasteiger partial charge in [0.25, 0.3) is 0 Å². The van der Waals surface area contributed by atoms with Gasteiger partial charge in [0.1, 0.15) is 30.0 Å². The first-order valence-electron chi connectivity index (χ1n) is 10.5. The van der Waals surface area contributed by atoms with E-state index in [0.717, 1.165) is 11.1 Å². The van der Waals surface area contributed by atoms with E-state index in [1.165, 1.54) is 7.11 Å². The maximum absolute atomic E-state index is 12.2. The number of carbonyl (C=O) groups excluding carboxylic acids is 1. The molecular formula is C25H26N4O5. The van der Waals surface area contributed by atoms with Crippen LogP contribution in [0.5, 0.6) is 11.5 Å². The van der Waals surface area contributed by atoms with Crippen molar-refractivity contribution < 1.29 is 23.7 Å². The molecule has 176 valence electrons. The third kappa shape index (κ3) is 6.75. The molecule has 0 atom stereocenters. The summed E-state index contributed by atoms with van der Waals surface area (Å²) < 4.78 is 20.8. The van der Waals surface area contributed by atoms with Crippen molar-refractivity contribution in [1.29, 1.82) is 5.26 Å². The van der Waals surface area contributed by atoms with Crippen LogP contribution in [0.1, 0.15) is 17.0 Å². The van der Waals surface area contributed by atoms with Crippen molar-refractivity contribution in [1.82, 2.24) is 9.97 Å². The van der Waals surface area contributed by atoms with Gasteiger partial charge in [-0.3, -0.25) is 4.79 Å². The largest absolute Gasteiger partial charge is 0.497 e. The van der Waals surface area contributed by atoms with Gasteiger partial charge in [-0.2, -0.15) is 5.26 Å². The highest BCUT2D eigenvalue weighted by Crippen LogP contribution is 2.26. The van der Waals surface area contributed by atoms with Crippen LogP contribution in [0.3, 0.4) is 0 Å². The quantitative estimate of drug-likeness (QED) is 0.432. The van der Waals surface area contributed by atoms with Gasteiger partial charge >= 0.3 is 0 Å². The molecule has 9 nitrogen and oxygen atoms in total. The van der Waals surface area contributed by atoms with E-state index in [1.54, 1.807) is 44.7 Å². The van der Waals surface area contributed by atoms with E-state index in [4.69, 9.17) is 18.9 Å². The van der Waals surface area contributed by atoms with Gasteiger partial charge in [-0.15, -0.1) is 0 Å². The Balaban J connectivity index is 1.77. The van der Waals surface area contributed by atoms with Crippen LogP contribution in [0, 0.1) is 11.3 Å². The Labute approximate surface area is 198 Å². The molecule has 0 radical (unpaired) electrons. The van der Waals surface area contributed by atoms with Crippen molar-refractivity contribution in [3.05, 3.63) is 65.6 Å². The number of aromatic nitrogens is 2. The van der Waals surface area contributed by atoms with Crippen LogP contribution in [-0.2, 0) is 20.7 Å². The number of rotatable bonds is 11. The van der Waals surface area contributed by atoms with Crippen LogP contribution < -0.4 is 14.8 Å². The van der Waals surface area contributed by atoms with Crippen molar-refractivity contribution in [3.63, 3.8) is 0 Å². The molecule has 3 aromatic rings. The molecule has 0 aliphatic carbocycles. The first-order chi connectivity index (χ1) is 16.6. The topological polar surface area (TPSA) is 116 Å². The Bertz CT molecular complexity index is 1180. The maximum atomic E-state index is 12.2. The number of ether oxygens (including phenoxy) is 4. The summed E-state index contributed by atoms with van der Waals surface area (Å²) in [6.45, 7) is 0.683. The highest BCUT2D eigenvalue weighted by Gasteiger charge is 2.10. The second-order valence-electron chi connectivity index (χ2n) is 7.23. The van der Waals surface area contributed by atoms with Gasteiger partial charge in [0, 0.05) is 37.0 Å². The summed E-state index contributed by atoms with van der Waals surface area (Å²) in [7, 11) is 4.66. The van der Waals surface area contributed by atoms with Gasteiger partial charge in [-0.05, 0) is 42.0 Å². The summed E-state index contributed by atoms with van der Waals surface area (Å²) >= 11 is 0. The number of carbonyl (C=O) groups is 1. The molecule has 1 amide bonds. The van der Waals surface area contributed by atoms with E-state index in [2.05, 4.69) is 21.4 Å². The lowest BCUT2D eigenvalue weighted by atomic mass is 10.1. The van der Waals surface area contributed by atoms with Gasteiger partial charge in [-0.25, -0.2) is 9.97 Å². The molecule has 2 aromatic carbocycles. The predicted molar refractivity (Wildman–Crippen MR) is 126 cm³/mol. The first-order valence-corrected chi connectivity index (χ1v) is 10.5. The van der Waals surface area contributed by atoms with Crippen molar-refractivity contribution >= 4 is 11.6 Å². The molecule has 9 heteroatoms. The highest BCUT2D eigenvalue weighted by molar-refractivity contribution is 5.92. The van der Waals surface area contributed by atoms with Gasteiger partial charge in [0.15, 0.2) is 0 Å². The average molecular weight is 463 g/mol. The molecule has 1 N–H and O–H groups in total. The molecule has 3 rings (SSSR count). The summed E-state index contributed by atoms with van der Waals surface area (Å²) in [5.41, 5.74) is 3.35. The van der Waals surface area contributed by atoms with E-state index >= 15 is 0 Å². The summed E-state index contributed by atoms with van der Waals surface area (Å²) in [5, 5.41) is 12.2. The zero-order valence-electron chi connectivity index (χ0n) is 19.3. The van der Waals surface area contributed by atoms with E-state index in [9.17, 15) is 10.1 Å². The number of benzene rings is 2. The van der Waals surface area contributed by atoms with Crippen LogP contribution in [0.25, 0.3) is 11.3 Å². The molecule has 0 fully saturated rings. The van der Waals surface area contributed by atoms with Crippen molar-refractivity contribution in [2.45, 2.75) is 6.42 Å². The lowest BCUT2D eigenvalue weighted by Crippen LogP contribution is -2.19. The molecule has 0 saturated heterocycles. The van der Waals surface area contributed by atoms with Crippen molar-refractivity contribution in [2.75, 3.05) is 46.5 Å². The molecule has 0 aliphatic rings. The Morgan fingerprint density at radius 1 is 1.06 bits per heavy atom. The average Bonchev–Trinajstić information content (AvgIpc) is 2.86. The molecule has 1 aromatic heterocycles. The minimum absolute atomic E-state index is 0.0758. The maximum Gasteiger partial charge on any atom is 0.250 e. The predicted octanol–water partition coefficient (Wildman–Crippen LogP) is 3.22. The van der Waals surface area contributed by atoms with Gasteiger partial charge in [-0.1, -0.05) is 0 Å². The number of hydrogen-bond acceptors (Lipinski definition) is 8. The summed E-state index contributed by atoms with van der Waals surface area (Å²) in [4.78, 5) is 21.2. The van der Waals surface area contributed by atoms with Gasteiger partial charge in [0.05, 0.1) is 38.7 Å². The van der Waals surface area contributed by atoms with Crippen molar-refractivity contribution in [3.8, 4) is 28.8 Å². The normalized spacial score (nSPS) is 10.4. The molecule has 0 bridgehead atoms. The lowest BCUT2D eigenvalue weighted by molar-refractivity contribution is -0.121. The Kier molecular flexibility index (Phi) is 8.91. The fourth-order valence-electron chi connectivity index (χ4n) is 3.24. The molecule has 1 heterocycles. The van der Waals surface area contributed by atoms with Crippen LogP contribution in [0.4, 0.5) is 5.69 Å². The van der Waals surface area contributed by atoms with E-state index in [1.807, 2.05) is 18.2 Å². The van der Waals surface area contributed by atoms with E-state index in [0.29, 0.717) is 53.9 Å². The van der Waals surface area contributed by atoms with Crippen LogP contribution >= 0.6 is 0 Å². The van der Waals surface area contributed by atoms with Crippen LogP contribution in [0.15, 0.2) is 48.7 Å². The number of methoxy groups -OCH3 is 3. The monoisotopic (exact) mass is 462 g/mol. The summed E-state index contributed by atoms with van der Waals surface area (Å²) in [6.07, 6.45) is 2.09. The van der Waals surface area contributed by atoms with Crippen molar-refractivity contribution in [2.24, 2.45) is 0 Å². The standard InChI is InChI=1S/C25H26N4O5/c1-31-8-9-34-16-25(30)28-20-10-17(11-21(14-20)32-2)12-24-27-7-6-22(29-24)18-4-5-23(33-3)19(13-18)15-26/h4-7,10-11,13-14H,8-9,12,16H2,1-3H3,(H,28,30). The fourth-order valence-corrected chi connectivity index (χ4v) is 3.24. The second kappa shape index (κ2) is 12.3. The SMILES string of the molecule is COCCOCC(=O)Nc1cc(Cc2nccc(-c3ccc(OC)c(C#N)c3)n2)cc(OC)c1. The van der Waals surface area contributed by atoms with E-state index in [-0.39, 0.29) is 12.5 Å². The number of nitriles is 1. The number of amides is 1. The molecule has 0 spiro atoms. The highest BCUT2D eigenvalue weighted by atomic mass is 16.5. The van der Waals surface area contributed by atoms with Gasteiger partial charge in [0.2, 0.25) is 5.91 Å². The van der Waals surface area contributed by atoms with Gasteiger partial charge < -0.3 is 24.3 Å². The number of anilines is 1. The minimum atomic E-state index is -0.277. The minimum Gasteiger partial charge on any atom is -0.497 e. The molecule has 34 heavy (non-hydrogen) atoms. The number of nitrogens with one attached hydrogen (secondary N) is 1. The number of nitrogens with zero attached hydrogens (tertiary/aromatic N) is 3. The third-order valence-corrected chi connectivity index (χ3v) is 4.83. The Hall–Kier alpha value is -4.00. The smallest absolute Gasteiger partial charge is 0.250 e. The van der Waals surface area contributed by atoms with Crippen LogP contribution in [-0.4, -0.2) is 57.0 Å². The Morgan fingerprint density at radius 2 is 1.91 bits per heavy atom. The van der Waals surface area contributed by atoms with Crippen LogP contribution in [0.2, 0.25) is 0 Å². The summed E-state index contributed by atoms with van der Waals surface area (Å²) in [5.74, 6) is 1.41. The fraction of sp³-hybridized carbons (Fsp3) is 0.280. The number of hydrogen-bond donors (Lipinski definition) is 1. The second-order valence-corrected chi connectivity index (χ2v) is 7.23. The molecule has 0 aliphatic heterocycles. The zero-order chi connectivity index (χ0) is 24.3. The molecular weight excluding hydrogens is 436 g/mol. The Morgan fingerprint density at radius 3 is 2.65 bits per heavy atom. The van der Waals surface area contributed by atoms with E-state index < -0.39 is 0 Å². The first kappa shape index (κ1) is 24.6. The zero-order valence-corrected chi connectivity index (χ0v) is 19.3.